The molecule has 0 aliphatic heterocycles. The second-order valence-electron chi connectivity index (χ2n) is 3.16. The minimum atomic E-state index is -0.310. The lowest BCUT2D eigenvalue weighted by atomic mass is 10.0. The lowest BCUT2D eigenvalue weighted by molar-refractivity contribution is -0.131. The first-order chi connectivity index (χ1) is 6.11. The van der Waals surface area contributed by atoms with E-state index < -0.39 is 0 Å². The first kappa shape index (κ1) is 9.71. The quantitative estimate of drug-likeness (QED) is 0.653. The molecule has 3 nitrogen and oxygen atoms in total. The van der Waals surface area contributed by atoms with Crippen LogP contribution >= 0.6 is 0 Å². The van der Waals surface area contributed by atoms with Crippen LogP contribution in [-0.2, 0) is 4.79 Å². The molecule has 0 fully saturated rings. The number of aromatic nitrogens is 1. The van der Waals surface area contributed by atoms with Crippen LogP contribution in [0.1, 0.15) is 32.3 Å². The Morgan fingerprint density at radius 1 is 1.54 bits per heavy atom. The van der Waals surface area contributed by atoms with Gasteiger partial charge in [-0.3, -0.25) is 9.78 Å². The maximum Gasteiger partial charge on any atom is 0.308 e. The van der Waals surface area contributed by atoms with Gasteiger partial charge >= 0.3 is 5.97 Å². The van der Waals surface area contributed by atoms with Gasteiger partial charge in [-0.25, -0.2) is 0 Å². The van der Waals surface area contributed by atoms with Crippen LogP contribution in [0.3, 0.4) is 0 Å². The molecule has 0 spiro atoms. The number of nitrogens with zero attached hydrogens (tertiary/aromatic N) is 1. The molecule has 13 heavy (non-hydrogen) atoms. The Kier molecular flexibility index (Phi) is 3.01. The van der Waals surface area contributed by atoms with Crippen LogP contribution in [0.5, 0.6) is 5.75 Å². The Balaban J connectivity index is 2.97. The molecule has 0 aliphatic rings. The number of hydrogen-bond donors (Lipinski definition) is 0. The van der Waals surface area contributed by atoms with Crippen LogP contribution in [0, 0.1) is 0 Å². The first-order valence-corrected chi connectivity index (χ1v) is 4.23. The largest absolute Gasteiger partial charge is 0.425 e. The second kappa shape index (κ2) is 4.03. The van der Waals surface area contributed by atoms with Crippen LogP contribution in [-0.4, -0.2) is 11.0 Å². The van der Waals surface area contributed by atoms with Crippen LogP contribution < -0.4 is 4.74 Å². The summed E-state index contributed by atoms with van der Waals surface area (Å²) in [5, 5.41) is 0. The van der Waals surface area contributed by atoms with E-state index in [1.54, 1.807) is 12.4 Å². The summed E-state index contributed by atoms with van der Waals surface area (Å²) in [6.07, 6.45) is 3.26. The van der Waals surface area contributed by atoms with Gasteiger partial charge in [-0.15, -0.1) is 0 Å². The molecule has 0 aromatic carbocycles. The molecule has 1 rings (SSSR count). The molecule has 70 valence electrons. The van der Waals surface area contributed by atoms with Crippen LogP contribution in [0.4, 0.5) is 0 Å². The number of esters is 1. The van der Waals surface area contributed by atoms with Gasteiger partial charge in [-0.05, 0) is 12.0 Å². The molecular weight excluding hydrogens is 166 g/mol. The first-order valence-electron chi connectivity index (χ1n) is 4.23. The average Bonchev–Trinajstić information content (AvgIpc) is 2.03. The molecule has 0 bridgehead atoms. The summed E-state index contributed by atoms with van der Waals surface area (Å²) in [6, 6.07) is 1.86. The van der Waals surface area contributed by atoms with Crippen molar-refractivity contribution in [3.63, 3.8) is 0 Å². The number of ether oxygens (including phenoxy) is 1. The Morgan fingerprint density at radius 3 is 2.77 bits per heavy atom. The van der Waals surface area contributed by atoms with Crippen molar-refractivity contribution in [1.82, 2.24) is 4.98 Å². The highest BCUT2D eigenvalue weighted by molar-refractivity contribution is 5.69. The zero-order valence-electron chi connectivity index (χ0n) is 8.07. The standard InChI is InChI=1S/C10H13NO2/c1-7(2)9-4-5-11-6-10(9)13-8(3)12/h4-7H,1-3H3. The maximum absolute atomic E-state index is 10.7. The topological polar surface area (TPSA) is 39.2 Å². The highest BCUT2D eigenvalue weighted by Gasteiger charge is 2.08. The molecule has 1 aromatic heterocycles. The molecule has 3 heteroatoms. The summed E-state index contributed by atoms with van der Waals surface area (Å²) in [6.45, 7) is 5.47. The molecule has 0 unspecified atom stereocenters. The van der Waals surface area contributed by atoms with Crippen molar-refractivity contribution in [2.24, 2.45) is 0 Å². The lowest BCUT2D eigenvalue weighted by Crippen LogP contribution is -2.05. The van der Waals surface area contributed by atoms with Crippen molar-refractivity contribution >= 4 is 5.97 Å². The van der Waals surface area contributed by atoms with Gasteiger partial charge in [0.1, 0.15) is 0 Å². The van der Waals surface area contributed by atoms with E-state index in [1.807, 2.05) is 19.9 Å². The summed E-state index contributed by atoms with van der Waals surface area (Å²) >= 11 is 0. The molecule has 0 aliphatic carbocycles. The van der Waals surface area contributed by atoms with Gasteiger partial charge in [-0.1, -0.05) is 13.8 Å². The van der Waals surface area contributed by atoms with Crippen molar-refractivity contribution in [2.45, 2.75) is 26.7 Å². The van der Waals surface area contributed by atoms with Gasteiger partial charge < -0.3 is 4.74 Å². The molecule has 0 N–H and O–H groups in total. The summed E-state index contributed by atoms with van der Waals surface area (Å²) < 4.78 is 5.01. The fourth-order valence-corrected chi connectivity index (χ4v) is 1.11. The van der Waals surface area contributed by atoms with E-state index in [0.29, 0.717) is 11.7 Å². The zero-order chi connectivity index (χ0) is 9.84. The van der Waals surface area contributed by atoms with Crippen LogP contribution in [0.2, 0.25) is 0 Å². The molecule has 1 heterocycles. The Hall–Kier alpha value is -1.38. The summed E-state index contributed by atoms with van der Waals surface area (Å²) in [5.74, 6) is 0.581. The summed E-state index contributed by atoms with van der Waals surface area (Å²) in [5.41, 5.74) is 1.00. The van der Waals surface area contributed by atoms with Gasteiger partial charge in [0.15, 0.2) is 5.75 Å². The third kappa shape index (κ3) is 2.54. The smallest absolute Gasteiger partial charge is 0.308 e. The van der Waals surface area contributed by atoms with E-state index in [0.717, 1.165) is 5.56 Å². The van der Waals surface area contributed by atoms with E-state index in [1.165, 1.54) is 6.92 Å². The van der Waals surface area contributed by atoms with E-state index in [9.17, 15) is 4.79 Å². The van der Waals surface area contributed by atoms with Gasteiger partial charge in [0, 0.05) is 18.7 Å². The molecular formula is C10H13NO2. The van der Waals surface area contributed by atoms with E-state index >= 15 is 0 Å². The summed E-state index contributed by atoms with van der Waals surface area (Å²) in [7, 11) is 0. The maximum atomic E-state index is 10.7. The highest BCUT2D eigenvalue weighted by atomic mass is 16.5. The third-order valence-corrected chi connectivity index (χ3v) is 1.69. The van der Waals surface area contributed by atoms with E-state index in [4.69, 9.17) is 4.74 Å². The number of carbonyl (C=O) groups excluding carboxylic acids is 1. The summed E-state index contributed by atoms with van der Waals surface area (Å²) in [4.78, 5) is 14.6. The predicted molar refractivity (Wildman–Crippen MR) is 49.6 cm³/mol. The molecule has 0 saturated carbocycles. The lowest BCUT2D eigenvalue weighted by Gasteiger charge is -2.10. The van der Waals surface area contributed by atoms with Gasteiger partial charge in [0.05, 0.1) is 6.20 Å². The average molecular weight is 179 g/mol. The Labute approximate surface area is 77.8 Å². The molecule has 0 radical (unpaired) electrons. The van der Waals surface area contributed by atoms with Crippen molar-refractivity contribution < 1.29 is 9.53 Å². The Bertz CT molecular complexity index is 308. The molecule has 0 amide bonds. The molecule has 0 atom stereocenters. The van der Waals surface area contributed by atoms with Crippen LogP contribution in [0.15, 0.2) is 18.5 Å². The third-order valence-electron chi connectivity index (χ3n) is 1.69. The number of carbonyl (C=O) groups is 1. The van der Waals surface area contributed by atoms with Crippen molar-refractivity contribution in [1.29, 1.82) is 0 Å². The van der Waals surface area contributed by atoms with Gasteiger partial charge in [0.25, 0.3) is 0 Å². The predicted octanol–water partition coefficient (Wildman–Crippen LogP) is 2.13. The fraction of sp³-hybridized carbons (Fsp3) is 0.400. The van der Waals surface area contributed by atoms with Crippen LogP contribution in [0.25, 0.3) is 0 Å². The van der Waals surface area contributed by atoms with Crippen molar-refractivity contribution in [2.75, 3.05) is 0 Å². The van der Waals surface area contributed by atoms with Gasteiger partial charge in [-0.2, -0.15) is 0 Å². The Morgan fingerprint density at radius 2 is 2.23 bits per heavy atom. The highest BCUT2D eigenvalue weighted by Crippen LogP contribution is 2.24. The fourth-order valence-electron chi connectivity index (χ4n) is 1.11. The molecule has 1 aromatic rings. The van der Waals surface area contributed by atoms with Crippen molar-refractivity contribution in [3.8, 4) is 5.75 Å². The van der Waals surface area contributed by atoms with E-state index in [-0.39, 0.29) is 5.97 Å². The minimum Gasteiger partial charge on any atom is -0.425 e. The molecule has 0 saturated heterocycles. The van der Waals surface area contributed by atoms with Crippen molar-refractivity contribution in [3.05, 3.63) is 24.0 Å². The number of rotatable bonds is 2. The SMILES string of the molecule is CC(=O)Oc1cnccc1C(C)C. The second-order valence-corrected chi connectivity index (χ2v) is 3.16. The number of hydrogen-bond acceptors (Lipinski definition) is 3. The number of pyridine rings is 1. The zero-order valence-corrected chi connectivity index (χ0v) is 8.07. The monoisotopic (exact) mass is 179 g/mol. The normalized spacial score (nSPS) is 10.2. The van der Waals surface area contributed by atoms with E-state index in [2.05, 4.69) is 4.98 Å². The van der Waals surface area contributed by atoms with Gasteiger partial charge in [0.2, 0.25) is 0 Å². The minimum absolute atomic E-state index is 0.310.